The fourth-order valence-electron chi connectivity index (χ4n) is 3.15. The molecule has 3 aromatic rings. The molecule has 2 heterocycles. The molecule has 1 aromatic carbocycles. The predicted octanol–water partition coefficient (Wildman–Crippen LogP) is 2.79. The number of pyridine rings is 1. The number of hydrogen-bond acceptors (Lipinski definition) is 6. The van der Waals surface area contributed by atoms with Crippen LogP contribution in [0.5, 0.6) is 0 Å². The lowest BCUT2D eigenvalue weighted by atomic mass is 10.1. The van der Waals surface area contributed by atoms with Gasteiger partial charge in [0, 0.05) is 19.8 Å². The minimum Gasteiger partial charge on any atom is -0.339 e. The Kier molecular flexibility index (Phi) is 5.88. The Bertz CT molecular complexity index is 1040. The second-order valence-electron chi connectivity index (χ2n) is 6.69. The van der Waals surface area contributed by atoms with Gasteiger partial charge >= 0.3 is 0 Å². The Morgan fingerprint density at radius 1 is 1.21 bits per heavy atom. The molecule has 0 saturated carbocycles. The molecule has 1 atom stereocenters. The maximum Gasteiger partial charge on any atom is 0.257 e. The predicted molar refractivity (Wildman–Crippen MR) is 110 cm³/mol. The van der Waals surface area contributed by atoms with Crippen molar-refractivity contribution in [2.45, 2.75) is 26.9 Å². The molecular weight excluding hydrogens is 366 g/mol. The highest BCUT2D eigenvalue weighted by atomic mass is 16.2. The van der Waals surface area contributed by atoms with Gasteiger partial charge in [0.2, 0.25) is 0 Å². The second-order valence-corrected chi connectivity index (χ2v) is 6.69. The van der Waals surface area contributed by atoms with Crippen molar-refractivity contribution in [1.29, 1.82) is 5.26 Å². The second kappa shape index (κ2) is 8.52. The summed E-state index contributed by atoms with van der Waals surface area (Å²) in [5.41, 5.74) is 2.66. The molecule has 0 bridgehead atoms. The van der Waals surface area contributed by atoms with Crippen molar-refractivity contribution in [2.75, 3.05) is 18.5 Å². The van der Waals surface area contributed by atoms with Gasteiger partial charge in [-0.05, 0) is 45.0 Å². The lowest BCUT2D eigenvalue weighted by Crippen LogP contribution is -2.48. The van der Waals surface area contributed by atoms with Gasteiger partial charge < -0.3 is 9.80 Å². The summed E-state index contributed by atoms with van der Waals surface area (Å²) in [4.78, 5) is 22.9. The Labute approximate surface area is 170 Å². The van der Waals surface area contributed by atoms with E-state index < -0.39 is 0 Å². The molecule has 1 unspecified atom stereocenters. The fourth-order valence-corrected chi connectivity index (χ4v) is 3.15. The van der Waals surface area contributed by atoms with Gasteiger partial charge in [-0.25, -0.2) is 4.98 Å². The molecule has 0 fully saturated rings. The number of anilines is 1. The van der Waals surface area contributed by atoms with Gasteiger partial charge in [0.25, 0.3) is 5.91 Å². The lowest BCUT2D eigenvalue weighted by molar-refractivity contribution is 0.0702. The van der Waals surface area contributed by atoms with Crippen molar-refractivity contribution in [3.8, 4) is 11.8 Å². The first-order chi connectivity index (χ1) is 14.0. The summed E-state index contributed by atoms with van der Waals surface area (Å²) >= 11 is 0. The summed E-state index contributed by atoms with van der Waals surface area (Å²) < 4.78 is 0. The Balaban J connectivity index is 1.95. The van der Waals surface area contributed by atoms with E-state index in [0.29, 0.717) is 29.2 Å². The average molecular weight is 389 g/mol. The first-order valence-corrected chi connectivity index (χ1v) is 9.33. The molecule has 0 saturated heterocycles. The number of nitriles is 1. The van der Waals surface area contributed by atoms with Crippen LogP contribution in [0.3, 0.4) is 0 Å². The van der Waals surface area contributed by atoms with Gasteiger partial charge in [-0.1, -0.05) is 11.6 Å². The van der Waals surface area contributed by atoms with Crippen LogP contribution in [0.15, 0.2) is 48.9 Å². The van der Waals surface area contributed by atoms with Gasteiger partial charge in [-0.3, -0.25) is 4.79 Å². The number of hydrogen-bond donors (Lipinski definition) is 0. The van der Waals surface area contributed by atoms with E-state index in [1.807, 2.05) is 50.9 Å². The highest BCUT2D eigenvalue weighted by Gasteiger charge is 2.26. The van der Waals surface area contributed by atoms with E-state index in [4.69, 9.17) is 5.26 Å². The number of aryl methyl sites for hydroxylation is 1. The van der Waals surface area contributed by atoms with E-state index in [2.05, 4.69) is 21.3 Å². The van der Waals surface area contributed by atoms with E-state index in [0.717, 1.165) is 5.56 Å². The standard InChI is InChI=1S/C21H23N7O/c1-5-27(16(3)26(4)20-13-17(14-22)8-9-23-20)21(29)18-12-15(2)6-7-19(18)28-24-10-11-25-28/h6-13,16H,5H2,1-4H3. The smallest absolute Gasteiger partial charge is 0.257 e. The van der Waals surface area contributed by atoms with Crippen LogP contribution in [0.4, 0.5) is 5.82 Å². The molecule has 8 nitrogen and oxygen atoms in total. The number of carbonyl (C=O) groups is 1. The van der Waals surface area contributed by atoms with E-state index in [1.54, 1.807) is 35.6 Å². The summed E-state index contributed by atoms with van der Waals surface area (Å²) in [5, 5.41) is 17.5. The van der Waals surface area contributed by atoms with Crippen LogP contribution in [0.25, 0.3) is 5.69 Å². The number of nitrogens with zero attached hydrogens (tertiary/aromatic N) is 7. The lowest BCUT2D eigenvalue weighted by Gasteiger charge is -2.36. The zero-order valence-electron chi connectivity index (χ0n) is 16.9. The summed E-state index contributed by atoms with van der Waals surface area (Å²) in [6, 6.07) is 11.1. The van der Waals surface area contributed by atoms with Crippen molar-refractivity contribution in [3.05, 3.63) is 65.6 Å². The Morgan fingerprint density at radius 3 is 2.59 bits per heavy atom. The molecule has 0 spiro atoms. The summed E-state index contributed by atoms with van der Waals surface area (Å²) in [7, 11) is 1.86. The molecular formula is C21H23N7O. The third kappa shape index (κ3) is 4.09. The molecule has 0 N–H and O–H groups in total. The monoisotopic (exact) mass is 389 g/mol. The summed E-state index contributed by atoms with van der Waals surface area (Å²) in [6.45, 7) is 6.31. The van der Waals surface area contributed by atoms with Crippen molar-refractivity contribution in [2.24, 2.45) is 0 Å². The number of aromatic nitrogens is 4. The van der Waals surface area contributed by atoms with Crippen molar-refractivity contribution in [1.82, 2.24) is 24.9 Å². The van der Waals surface area contributed by atoms with E-state index in [1.165, 1.54) is 4.80 Å². The molecule has 0 aliphatic heterocycles. The highest BCUT2D eigenvalue weighted by Crippen LogP contribution is 2.21. The zero-order chi connectivity index (χ0) is 21.0. The normalized spacial score (nSPS) is 11.6. The van der Waals surface area contributed by atoms with Gasteiger partial charge in [0.1, 0.15) is 12.0 Å². The number of benzene rings is 1. The maximum absolute atomic E-state index is 13.5. The van der Waals surface area contributed by atoms with Crippen LogP contribution in [-0.4, -0.2) is 50.5 Å². The van der Waals surface area contributed by atoms with Gasteiger partial charge in [-0.15, -0.1) is 0 Å². The molecule has 8 heteroatoms. The third-order valence-corrected chi connectivity index (χ3v) is 4.87. The van der Waals surface area contributed by atoms with Crippen LogP contribution < -0.4 is 4.90 Å². The average Bonchev–Trinajstić information content (AvgIpc) is 3.28. The van der Waals surface area contributed by atoms with E-state index in [-0.39, 0.29) is 12.1 Å². The topological polar surface area (TPSA) is 90.9 Å². The Morgan fingerprint density at radius 2 is 1.93 bits per heavy atom. The zero-order valence-corrected chi connectivity index (χ0v) is 16.9. The first kappa shape index (κ1) is 20.0. The molecule has 2 aromatic heterocycles. The molecule has 3 rings (SSSR count). The van der Waals surface area contributed by atoms with Gasteiger partial charge in [0.15, 0.2) is 0 Å². The number of amides is 1. The quantitative estimate of drug-likeness (QED) is 0.602. The van der Waals surface area contributed by atoms with Crippen LogP contribution in [0.1, 0.15) is 35.3 Å². The van der Waals surface area contributed by atoms with Gasteiger partial charge in [-0.2, -0.15) is 20.3 Å². The van der Waals surface area contributed by atoms with Gasteiger partial charge in [0.05, 0.1) is 35.3 Å². The molecule has 148 valence electrons. The summed E-state index contributed by atoms with van der Waals surface area (Å²) in [5.74, 6) is 0.500. The van der Waals surface area contributed by atoms with E-state index in [9.17, 15) is 4.79 Å². The van der Waals surface area contributed by atoms with Crippen LogP contribution in [-0.2, 0) is 0 Å². The number of carbonyl (C=O) groups excluding carboxylic acids is 1. The SMILES string of the molecule is CCN(C(=O)c1cc(C)ccc1-n1nccn1)C(C)N(C)c1cc(C#N)ccn1. The minimum atomic E-state index is -0.284. The van der Waals surface area contributed by atoms with Crippen molar-refractivity contribution >= 4 is 11.7 Å². The highest BCUT2D eigenvalue weighted by molar-refractivity contribution is 5.98. The fraction of sp³-hybridized carbons (Fsp3) is 0.286. The van der Waals surface area contributed by atoms with Crippen molar-refractivity contribution in [3.63, 3.8) is 0 Å². The largest absolute Gasteiger partial charge is 0.339 e. The number of rotatable bonds is 6. The summed E-state index contributed by atoms with van der Waals surface area (Å²) in [6.07, 6.45) is 4.47. The molecule has 0 radical (unpaired) electrons. The molecule has 1 amide bonds. The molecule has 0 aliphatic rings. The molecule has 29 heavy (non-hydrogen) atoms. The van der Waals surface area contributed by atoms with Crippen LogP contribution in [0.2, 0.25) is 0 Å². The first-order valence-electron chi connectivity index (χ1n) is 9.33. The van der Waals surface area contributed by atoms with Crippen LogP contribution in [0, 0.1) is 18.3 Å². The van der Waals surface area contributed by atoms with Crippen molar-refractivity contribution < 1.29 is 4.79 Å². The maximum atomic E-state index is 13.5. The van der Waals surface area contributed by atoms with Crippen LogP contribution >= 0.6 is 0 Å². The minimum absolute atomic E-state index is 0.126. The Hall–Kier alpha value is -3.73. The molecule has 0 aliphatic carbocycles. The van der Waals surface area contributed by atoms with E-state index >= 15 is 0 Å². The third-order valence-electron chi connectivity index (χ3n) is 4.87.